The zero-order chi connectivity index (χ0) is 14.6. The van der Waals surface area contributed by atoms with Crippen molar-refractivity contribution in [1.29, 1.82) is 0 Å². The monoisotopic (exact) mass is 277 g/mol. The van der Waals surface area contributed by atoms with E-state index in [0.717, 1.165) is 24.9 Å². The molecule has 2 N–H and O–H groups in total. The smallest absolute Gasteiger partial charge is 0.237 e. The van der Waals surface area contributed by atoms with E-state index < -0.39 is 0 Å². The normalized spacial score (nSPS) is 21.2. The molecule has 0 saturated carbocycles. The average molecular weight is 277 g/mol. The molecule has 0 spiro atoms. The molecule has 0 radical (unpaired) electrons. The second-order valence-corrected chi connectivity index (χ2v) is 5.87. The highest BCUT2D eigenvalue weighted by atomic mass is 16.5. The van der Waals surface area contributed by atoms with Gasteiger partial charge < -0.3 is 15.4 Å². The minimum Gasteiger partial charge on any atom is -0.481 e. The Kier molecular flexibility index (Phi) is 4.60. The van der Waals surface area contributed by atoms with Gasteiger partial charge in [-0.25, -0.2) is 4.98 Å². The fourth-order valence-corrected chi connectivity index (χ4v) is 2.69. The Morgan fingerprint density at radius 2 is 2.40 bits per heavy atom. The van der Waals surface area contributed by atoms with Gasteiger partial charge in [0, 0.05) is 18.3 Å². The Labute approximate surface area is 120 Å². The number of carbonyl (C=O) groups excluding carboxylic acids is 1. The lowest BCUT2D eigenvalue weighted by molar-refractivity contribution is -0.126. The first-order valence-electron chi connectivity index (χ1n) is 7.03. The highest BCUT2D eigenvalue weighted by molar-refractivity contribution is 5.82. The van der Waals surface area contributed by atoms with Gasteiger partial charge in [0.2, 0.25) is 11.8 Å². The maximum atomic E-state index is 12.4. The Morgan fingerprint density at radius 1 is 1.60 bits per heavy atom. The number of aromatic nitrogens is 1. The van der Waals surface area contributed by atoms with E-state index >= 15 is 0 Å². The number of amides is 1. The van der Waals surface area contributed by atoms with Gasteiger partial charge in [-0.3, -0.25) is 4.79 Å². The van der Waals surface area contributed by atoms with Crippen molar-refractivity contribution in [2.75, 3.05) is 13.7 Å². The van der Waals surface area contributed by atoms with Crippen molar-refractivity contribution in [2.24, 2.45) is 5.41 Å². The number of nitrogens with one attached hydrogen (secondary N) is 2. The Balaban J connectivity index is 1.98. The van der Waals surface area contributed by atoms with E-state index in [1.165, 1.54) is 0 Å². The SMILES string of the molecule is COc1ncccc1CNC(=O)C1NCCCC1(C)C. The second-order valence-electron chi connectivity index (χ2n) is 5.87. The lowest BCUT2D eigenvalue weighted by Crippen LogP contribution is -2.55. The minimum absolute atomic E-state index is 0.0125. The Hall–Kier alpha value is -1.62. The van der Waals surface area contributed by atoms with Gasteiger partial charge >= 0.3 is 0 Å². The maximum absolute atomic E-state index is 12.4. The van der Waals surface area contributed by atoms with E-state index in [0.29, 0.717) is 12.4 Å². The van der Waals surface area contributed by atoms with Crippen molar-refractivity contribution in [3.8, 4) is 5.88 Å². The van der Waals surface area contributed by atoms with Gasteiger partial charge in [0.1, 0.15) is 0 Å². The number of piperidine rings is 1. The molecule has 1 fully saturated rings. The molecule has 110 valence electrons. The molecule has 2 heterocycles. The maximum Gasteiger partial charge on any atom is 0.237 e. The summed E-state index contributed by atoms with van der Waals surface area (Å²) in [6.45, 7) is 5.60. The van der Waals surface area contributed by atoms with Crippen LogP contribution in [0.15, 0.2) is 18.3 Å². The summed E-state index contributed by atoms with van der Waals surface area (Å²) in [7, 11) is 1.58. The van der Waals surface area contributed by atoms with E-state index in [-0.39, 0.29) is 17.4 Å². The van der Waals surface area contributed by atoms with E-state index in [2.05, 4.69) is 29.5 Å². The van der Waals surface area contributed by atoms with Crippen LogP contribution in [0, 0.1) is 5.41 Å². The third-order valence-electron chi connectivity index (χ3n) is 3.89. The topological polar surface area (TPSA) is 63.2 Å². The van der Waals surface area contributed by atoms with E-state index in [1.807, 2.05) is 12.1 Å². The molecule has 1 aromatic heterocycles. The molecule has 1 amide bonds. The van der Waals surface area contributed by atoms with Crippen LogP contribution in [0.2, 0.25) is 0 Å². The largest absolute Gasteiger partial charge is 0.481 e. The minimum atomic E-state index is -0.140. The predicted molar refractivity (Wildman–Crippen MR) is 77.4 cm³/mol. The third-order valence-corrected chi connectivity index (χ3v) is 3.89. The van der Waals surface area contributed by atoms with Crippen LogP contribution in [0.1, 0.15) is 32.3 Å². The van der Waals surface area contributed by atoms with Gasteiger partial charge in [0.15, 0.2) is 0 Å². The van der Waals surface area contributed by atoms with Crippen molar-refractivity contribution in [2.45, 2.75) is 39.3 Å². The zero-order valence-corrected chi connectivity index (χ0v) is 12.4. The first-order valence-corrected chi connectivity index (χ1v) is 7.03. The number of methoxy groups -OCH3 is 1. The molecule has 1 aliphatic heterocycles. The van der Waals surface area contributed by atoms with Crippen LogP contribution in [0.25, 0.3) is 0 Å². The zero-order valence-electron chi connectivity index (χ0n) is 12.4. The van der Waals surface area contributed by atoms with E-state index in [9.17, 15) is 4.79 Å². The molecule has 1 atom stereocenters. The highest BCUT2D eigenvalue weighted by Crippen LogP contribution is 2.30. The van der Waals surface area contributed by atoms with Gasteiger partial charge in [-0.15, -0.1) is 0 Å². The number of rotatable bonds is 4. The van der Waals surface area contributed by atoms with Gasteiger partial charge in [0.05, 0.1) is 13.2 Å². The molecule has 0 aliphatic carbocycles. The molecule has 20 heavy (non-hydrogen) atoms. The van der Waals surface area contributed by atoms with E-state index in [4.69, 9.17) is 4.74 Å². The summed E-state index contributed by atoms with van der Waals surface area (Å²) >= 11 is 0. The third kappa shape index (κ3) is 3.28. The first kappa shape index (κ1) is 14.8. The van der Waals surface area contributed by atoms with Crippen molar-refractivity contribution in [1.82, 2.24) is 15.6 Å². The molecular weight excluding hydrogens is 254 g/mol. The summed E-state index contributed by atoms with van der Waals surface area (Å²) in [4.78, 5) is 16.5. The summed E-state index contributed by atoms with van der Waals surface area (Å²) in [6, 6.07) is 3.61. The molecule has 1 unspecified atom stereocenters. The number of pyridine rings is 1. The van der Waals surface area contributed by atoms with Crippen molar-refractivity contribution >= 4 is 5.91 Å². The Bertz CT molecular complexity index is 474. The second kappa shape index (κ2) is 6.22. The summed E-state index contributed by atoms with van der Waals surface area (Å²) < 4.78 is 5.19. The van der Waals surface area contributed by atoms with Gasteiger partial charge in [-0.05, 0) is 30.9 Å². The highest BCUT2D eigenvalue weighted by Gasteiger charge is 2.36. The number of hydrogen-bond donors (Lipinski definition) is 2. The molecule has 5 heteroatoms. The van der Waals surface area contributed by atoms with Gasteiger partial charge in [0.25, 0.3) is 0 Å². The molecule has 0 bridgehead atoms. The predicted octanol–water partition coefficient (Wildman–Crippen LogP) is 1.48. The summed E-state index contributed by atoms with van der Waals surface area (Å²) in [5.41, 5.74) is 0.874. The lowest BCUT2D eigenvalue weighted by atomic mass is 9.77. The van der Waals surface area contributed by atoms with Crippen molar-refractivity contribution in [3.63, 3.8) is 0 Å². The summed E-state index contributed by atoms with van der Waals surface area (Å²) in [5, 5.41) is 6.29. The number of nitrogens with zero attached hydrogens (tertiary/aromatic N) is 1. The fraction of sp³-hybridized carbons (Fsp3) is 0.600. The summed E-state index contributed by atoms with van der Waals surface area (Å²) in [6.07, 6.45) is 3.86. The quantitative estimate of drug-likeness (QED) is 0.875. The van der Waals surface area contributed by atoms with Crippen LogP contribution < -0.4 is 15.4 Å². The van der Waals surface area contributed by atoms with Crippen LogP contribution >= 0.6 is 0 Å². The van der Waals surface area contributed by atoms with Crippen molar-refractivity contribution in [3.05, 3.63) is 23.9 Å². The summed E-state index contributed by atoms with van der Waals surface area (Å²) in [5.74, 6) is 0.601. The van der Waals surface area contributed by atoms with Crippen molar-refractivity contribution < 1.29 is 9.53 Å². The standard InChI is InChI=1S/C15H23N3O2/c1-15(2)7-5-9-16-12(15)13(19)18-10-11-6-4-8-17-14(11)20-3/h4,6,8,12,16H,5,7,9-10H2,1-3H3,(H,18,19). The fourth-order valence-electron chi connectivity index (χ4n) is 2.69. The number of hydrogen-bond acceptors (Lipinski definition) is 4. The molecule has 0 aromatic carbocycles. The van der Waals surface area contributed by atoms with Crippen LogP contribution in [0.4, 0.5) is 0 Å². The van der Waals surface area contributed by atoms with Crippen LogP contribution in [-0.2, 0) is 11.3 Å². The van der Waals surface area contributed by atoms with Crippen LogP contribution in [0.3, 0.4) is 0 Å². The number of ether oxygens (including phenoxy) is 1. The van der Waals surface area contributed by atoms with Crippen LogP contribution in [0.5, 0.6) is 5.88 Å². The van der Waals surface area contributed by atoms with Gasteiger partial charge in [-0.1, -0.05) is 19.9 Å². The molecule has 5 nitrogen and oxygen atoms in total. The average Bonchev–Trinajstić information content (AvgIpc) is 2.44. The molecule has 1 aromatic rings. The van der Waals surface area contributed by atoms with E-state index in [1.54, 1.807) is 13.3 Å². The molecule has 2 rings (SSSR count). The first-order chi connectivity index (χ1) is 9.54. The lowest BCUT2D eigenvalue weighted by Gasteiger charge is -2.38. The Morgan fingerprint density at radius 3 is 3.10 bits per heavy atom. The number of carbonyl (C=O) groups is 1. The molecule has 1 saturated heterocycles. The van der Waals surface area contributed by atoms with Gasteiger partial charge in [-0.2, -0.15) is 0 Å². The molecular formula is C15H23N3O2. The molecule has 1 aliphatic rings. The van der Waals surface area contributed by atoms with Crippen LogP contribution in [-0.4, -0.2) is 30.6 Å².